The lowest BCUT2D eigenvalue weighted by Crippen LogP contribution is -2.35. The number of piperidine rings is 2. The molecule has 4 amide bonds. The number of benzene rings is 8. The Bertz CT molecular complexity index is 5700. The molecule has 24 nitrogen and oxygen atoms in total. The van der Waals surface area contributed by atoms with Crippen LogP contribution in [0.25, 0.3) is 0 Å². The number of halogens is 4. The summed E-state index contributed by atoms with van der Waals surface area (Å²) in [4.78, 5) is 128. The summed E-state index contributed by atoms with van der Waals surface area (Å²) in [6.07, 6.45) is 17.9. The SMILES string of the molecule is C.C.C.C.N=C(c1ccc(C(=O)Cc2ccccc2C(=O)Nc2ccc(Br)cn2)cc1)N1CCCC1.N=C(c1ccc(C(=O)Cc2ccccc2C(=O)Nc2ccc(Br)cn2)cc1)N1CCCCC1.N=C(c1ccc(C(=O)Cc2ccccc2C(=O)Nc2ccc(Cl)cn2)cc1)N1CCCC1.N=C(c1ccc(C(=O)Cc2ccccc2C(=O)Nc2ccc(Cl)cn2)cc1)N1CCCCC1. The van der Waals surface area contributed by atoms with Crippen molar-refractivity contribution in [3.63, 3.8) is 0 Å². The molecular formula is C106H112Br2Cl2N16O8. The monoisotopic (exact) mass is 1960 g/mol. The van der Waals surface area contributed by atoms with Crippen molar-refractivity contribution in [3.05, 3.63) is 375 Å². The summed E-state index contributed by atoms with van der Waals surface area (Å²) in [5, 5.41) is 45.6. The van der Waals surface area contributed by atoms with E-state index in [1.807, 2.05) is 66.7 Å². The molecule has 0 spiro atoms. The van der Waals surface area contributed by atoms with Crippen LogP contribution in [-0.4, -0.2) is 162 Å². The molecule has 4 fully saturated rings. The lowest BCUT2D eigenvalue weighted by Gasteiger charge is -2.29. The van der Waals surface area contributed by atoms with Gasteiger partial charge < -0.3 is 40.9 Å². The van der Waals surface area contributed by atoms with Gasteiger partial charge in [0.15, 0.2) is 23.1 Å². The fourth-order valence-corrected chi connectivity index (χ4v) is 16.0. The molecule has 0 bridgehead atoms. The van der Waals surface area contributed by atoms with Gasteiger partial charge >= 0.3 is 0 Å². The van der Waals surface area contributed by atoms with Gasteiger partial charge in [-0.15, -0.1) is 0 Å². The number of pyridine rings is 4. The Morgan fingerprint density at radius 2 is 0.455 bits per heavy atom. The zero-order valence-corrected chi connectivity index (χ0v) is 76.0. The van der Waals surface area contributed by atoms with Crippen molar-refractivity contribution in [2.24, 2.45) is 0 Å². The molecule has 8 heterocycles. The first-order valence-corrected chi connectivity index (χ1v) is 45.3. The molecule has 28 heteroatoms. The van der Waals surface area contributed by atoms with E-state index >= 15 is 0 Å². The standard InChI is InChI=1S/C26H25BrN4O2.C26H25ClN4O2.C25H23BrN4O2.C25H23ClN4O2.4CH4/c2*27-21-12-13-24(29-17-21)30-26(33)22-7-3-2-6-20(22)16-23(32)18-8-10-19(11-9-18)25(28)31-14-4-1-5-15-31;2*26-20-11-12-23(28-16-20)29-25(32)21-6-2-1-5-19(21)15-22(31)17-7-9-18(10-8-17)24(27)30-13-3-4-14-30;;;;/h2*2-3,6-13,17,28H,1,4-5,14-16H2,(H,29,30,33);2*1-2,5-12,16,27H,3-4,13-15H2,(H,28,29,32);4*1H4. The Balaban J connectivity index is 0.000000199. The lowest BCUT2D eigenvalue weighted by atomic mass is 9.97. The third-order valence-corrected chi connectivity index (χ3v) is 23.8. The Morgan fingerprint density at radius 3 is 0.657 bits per heavy atom. The predicted octanol–water partition coefficient (Wildman–Crippen LogP) is 22.9. The molecule has 4 aliphatic rings. The van der Waals surface area contributed by atoms with Gasteiger partial charge in [0.05, 0.1) is 10.0 Å². The number of anilines is 4. The number of nitrogens with one attached hydrogen (secondary N) is 8. The summed E-state index contributed by atoms with van der Waals surface area (Å²) in [6.45, 7) is 7.27. The van der Waals surface area contributed by atoms with Gasteiger partial charge in [-0.2, -0.15) is 0 Å². The summed E-state index contributed by atoms with van der Waals surface area (Å²) in [7, 11) is 0. The van der Waals surface area contributed by atoms with Crippen LogP contribution in [0, 0.1) is 21.6 Å². The number of Topliss-reactive ketones (excluding diaryl/α,β-unsaturated/α-hetero) is 4. The smallest absolute Gasteiger partial charge is 0.257 e. The maximum Gasteiger partial charge on any atom is 0.257 e. The average Bonchev–Trinajstić information content (AvgIpc) is 0.937. The van der Waals surface area contributed by atoms with E-state index in [2.05, 4.69) is 92.7 Å². The summed E-state index contributed by atoms with van der Waals surface area (Å²) < 4.78 is 1.65. The van der Waals surface area contributed by atoms with E-state index in [9.17, 15) is 38.4 Å². The quantitative estimate of drug-likeness (QED) is 0.0158. The second kappa shape index (κ2) is 51.4. The van der Waals surface area contributed by atoms with Gasteiger partial charge in [0.1, 0.15) is 46.6 Å². The molecule has 8 N–H and O–H groups in total. The molecule has 12 aromatic rings. The van der Waals surface area contributed by atoms with Crippen LogP contribution in [0.3, 0.4) is 0 Å². The number of amides is 4. The van der Waals surface area contributed by atoms with E-state index in [1.54, 1.807) is 188 Å². The van der Waals surface area contributed by atoms with Crippen LogP contribution in [0.4, 0.5) is 23.3 Å². The van der Waals surface area contributed by atoms with Crippen LogP contribution in [-0.2, 0) is 25.7 Å². The van der Waals surface area contributed by atoms with E-state index in [1.165, 1.54) is 25.2 Å². The van der Waals surface area contributed by atoms with Gasteiger partial charge in [0, 0.05) is 179 Å². The second-order valence-corrected chi connectivity index (χ2v) is 34.2. The number of nitrogens with zero attached hydrogens (tertiary/aromatic N) is 8. The van der Waals surface area contributed by atoms with Crippen molar-refractivity contribution in [3.8, 4) is 0 Å². The van der Waals surface area contributed by atoms with Gasteiger partial charge in [0.2, 0.25) is 0 Å². The number of amidine groups is 4. The van der Waals surface area contributed by atoms with E-state index in [-0.39, 0.29) is 102 Å². The fraction of sp³-hybridized carbons (Fsp3) is 0.245. The highest BCUT2D eigenvalue weighted by atomic mass is 79.9. The molecule has 4 aliphatic heterocycles. The maximum absolute atomic E-state index is 13.0. The number of hydrogen-bond donors (Lipinski definition) is 8. The molecule has 0 atom stereocenters. The lowest BCUT2D eigenvalue weighted by molar-refractivity contribution is 0.0980. The number of hydrogen-bond acceptors (Lipinski definition) is 16. The Hall–Kier alpha value is -13.7. The molecule has 4 saturated heterocycles. The van der Waals surface area contributed by atoms with Gasteiger partial charge in [0.25, 0.3) is 23.6 Å². The van der Waals surface area contributed by atoms with Crippen LogP contribution in [0.1, 0.15) is 221 Å². The van der Waals surface area contributed by atoms with Gasteiger partial charge in [-0.1, -0.05) is 223 Å². The highest BCUT2D eigenvalue weighted by Gasteiger charge is 2.26. The molecule has 0 radical (unpaired) electrons. The first kappa shape index (κ1) is 104. The third kappa shape index (κ3) is 29.2. The van der Waals surface area contributed by atoms with Crippen molar-refractivity contribution in [2.75, 3.05) is 73.6 Å². The summed E-state index contributed by atoms with van der Waals surface area (Å²) in [5.74, 6) is 2.06. The molecule has 134 heavy (non-hydrogen) atoms. The molecule has 16 rings (SSSR count). The molecule has 8 aromatic carbocycles. The van der Waals surface area contributed by atoms with Gasteiger partial charge in [-0.3, -0.25) is 60.0 Å². The van der Waals surface area contributed by atoms with Crippen LogP contribution >= 0.6 is 55.1 Å². The zero-order chi connectivity index (χ0) is 91.4. The predicted molar refractivity (Wildman–Crippen MR) is 545 cm³/mol. The number of rotatable bonds is 24. The van der Waals surface area contributed by atoms with Crippen molar-refractivity contribution >= 4 is 148 Å². The molecule has 4 aromatic heterocycles. The molecular weight excluding hydrogens is 1860 g/mol. The van der Waals surface area contributed by atoms with Crippen LogP contribution in [0.15, 0.2) is 276 Å². The minimum absolute atomic E-state index is 0. The molecule has 692 valence electrons. The van der Waals surface area contributed by atoms with Crippen molar-refractivity contribution < 1.29 is 38.4 Å². The normalized spacial score (nSPS) is 12.9. The van der Waals surface area contributed by atoms with Crippen molar-refractivity contribution in [1.29, 1.82) is 21.6 Å². The Labute approximate surface area is 810 Å². The van der Waals surface area contributed by atoms with Crippen molar-refractivity contribution in [2.45, 2.75) is 120 Å². The summed E-state index contributed by atoms with van der Waals surface area (Å²) in [5.41, 5.74) is 9.79. The van der Waals surface area contributed by atoms with Crippen molar-refractivity contribution in [1.82, 2.24) is 39.5 Å². The second-order valence-electron chi connectivity index (χ2n) is 31.5. The Morgan fingerprint density at radius 1 is 0.261 bits per heavy atom. The van der Waals surface area contributed by atoms with E-state index in [4.69, 9.17) is 44.8 Å². The first-order chi connectivity index (χ1) is 63.0. The largest absolute Gasteiger partial charge is 0.357 e. The minimum atomic E-state index is -0.336. The number of ketones is 4. The fourth-order valence-electron chi connectivity index (χ4n) is 15.3. The molecule has 0 aliphatic carbocycles. The number of likely N-dealkylation sites (tertiary alicyclic amines) is 4. The summed E-state index contributed by atoms with van der Waals surface area (Å²) >= 11 is 18.3. The highest BCUT2D eigenvalue weighted by Crippen LogP contribution is 2.27. The number of aromatic nitrogens is 4. The van der Waals surface area contributed by atoms with E-state index in [0.717, 1.165) is 135 Å². The zero-order valence-electron chi connectivity index (χ0n) is 71.3. The average molecular weight is 1970 g/mol. The topological polar surface area (TPSA) is 345 Å². The van der Waals surface area contributed by atoms with E-state index in [0.29, 0.717) is 123 Å². The first-order valence-electron chi connectivity index (χ1n) is 43.0. The van der Waals surface area contributed by atoms with Crippen LogP contribution in [0.2, 0.25) is 10.0 Å². The maximum atomic E-state index is 13.0. The van der Waals surface area contributed by atoms with Gasteiger partial charge in [-0.25, -0.2) is 19.9 Å². The van der Waals surface area contributed by atoms with E-state index < -0.39 is 0 Å². The number of carbonyl (C=O) groups excluding carboxylic acids is 8. The highest BCUT2D eigenvalue weighted by molar-refractivity contribution is 9.10. The number of carbonyl (C=O) groups is 8. The molecule has 0 unspecified atom stereocenters. The Kier molecular flexibility index (Phi) is 39.9. The minimum Gasteiger partial charge on any atom is -0.357 e. The van der Waals surface area contributed by atoms with Crippen LogP contribution in [0.5, 0.6) is 0 Å². The summed E-state index contributed by atoms with van der Waals surface area (Å²) in [6, 6.07) is 70.5. The van der Waals surface area contributed by atoms with Gasteiger partial charge in [-0.05, 0) is 191 Å². The van der Waals surface area contributed by atoms with Crippen LogP contribution < -0.4 is 21.3 Å². The third-order valence-electron chi connectivity index (χ3n) is 22.4. The molecule has 0 saturated carbocycles.